The first-order chi connectivity index (χ1) is 7.65. The molecule has 0 amide bonds. The van der Waals surface area contributed by atoms with E-state index in [1.54, 1.807) is 0 Å². The van der Waals surface area contributed by atoms with Gasteiger partial charge >= 0.3 is 0 Å². The first kappa shape index (κ1) is 13.0. The van der Waals surface area contributed by atoms with Crippen LogP contribution in [0.4, 0.5) is 0 Å². The van der Waals surface area contributed by atoms with E-state index in [-0.39, 0.29) is 0 Å². The fraction of sp³-hybridized carbons (Fsp3) is 0.500. The third-order valence-electron chi connectivity index (χ3n) is 2.26. The highest BCUT2D eigenvalue weighted by atomic mass is 16.5. The van der Waals surface area contributed by atoms with Gasteiger partial charge in [0.15, 0.2) is 0 Å². The summed E-state index contributed by atoms with van der Waals surface area (Å²) in [5, 5.41) is 9.05. The number of benzene rings is 1. The van der Waals surface area contributed by atoms with Crippen LogP contribution < -0.4 is 4.74 Å². The first-order valence-electron chi connectivity index (χ1n) is 5.90. The monoisotopic (exact) mass is 221 g/mol. The van der Waals surface area contributed by atoms with Crippen molar-refractivity contribution >= 4 is 0 Å². The summed E-state index contributed by atoms with van der Waals surface area (Å²) in [5.74, 6) is 1.36. The van der Waals surface area contributed by atoms with Crippen molar-refractivity contribution in [1.29, 1.82) is 0 Å². The van der Waals surface area contributed by atoms with Crippen molar-refractivity contribution in [1.82, 2.24) is 0 Å². The Morgan fingerprint density at radius 1 is 1.31 bits per heavy atom. The third kappa shape index (κ3) is 4.23. The number of ether oxygens (including phenoxy) is 1. The van der Waals surface area contributed by atoms with Gasteiger partial charge in [0.25, 0.3) is 0 Å². The van der Waals surface area contributed by atoms with E-state index in [0.29, 0.717) is 12.5 Å². The smallest absolute Gasteiger partial charge is 0.119 e. The van der Waals surface area contributed by atoms with Crippen molar-refractivity contribution in [3.63, 3.8) is 0 Å². The second-order valence-electron chi connectivity index (χ2n) is 4.49. The standard InChI is InChI=1S/C14H21O2/c1-4-5-12-6-13(9-15)8-14(7-12)16-10-11(2)3/h6-9,11,15H,4-5,10H2,1-3H3. The van der Waals surface area contributed by atoms with Crippen LogP contribution in [0.2, 0.25) is 0 Å². The maximum Gasteiger partial charge on any atom is 0.119 e. The summed E-state index contributed by atoms with van der Waals surface area (Å²) in [6.45, 7) is 8.22. The molecule has 89 valence electrons. The number of hydrogen-bond donors (Lipinski definition) is 1. The highest BCUT2D eigenvalue weighted by Gasteiger charge is 2.03. The molecule has 0 aromatic heterocycles. The van der Waals surface area contributed by atoms with Gasteiger partial charge in [0.2, 0.25) is 0 Å². The topological polar surface area (TPSA) is 29.5 Å². The van der Waals surface area contributed by atoms with Crippen LogP contribution in [0.3, 0.4) is 0 Å². The summed E-state index contributed by atoms with van der Waals surface area (Å²) in [6, 6.07) is 5.91. The fourth-order valence-corrected chi connectivity index (χ4v) is 1.54. The second-order valence-corrected chi connectivity index (χ2v) is 4.49. The summed E-state index contributed by atoms with van der Waals surface area (Å²) < 4.78 is 5.67. The molecular formula is C14H21O2. The number of rotatable bonds is 6. The van der Waals surface area contributed by atoms with Crippen LogP contribution >= 0.6 is 0 Å². The maximum absolute atomic E-state index is 9.05. The zero-order valence-corrected chi connectivity index (χ0v) is 10.4. The molecule has 1 radical (unpaired) electrons. The highest BCUT2D eigenvalue weighted by molar-refractivity contribution is 5.36. The minimum Gasteiger partial charge on any atom is -0.493 e. The molecule has 0 spiro atoms. The SMILES string of the molecule is CCCc1cc([CH]O)cc(OCC(C)C)c1. The Balaban J connectivity index is 2.77. The van der Waals surface area contributed by atoms with E-state index in [1.807, 2.05) is 12.1 Å². The minimum absolute atomic E-state index is 0.511. The average molecular weight is 221 g/mol. The summed E-state index contributed by atoms with van der Waals surface area (Å²) in [5.41, 5.74) is 2.02. The molecule has 1 N–H and O–H groups in total. The summed E-state index contributed by atoms with van der Waals surface area (Å²) in [4.78, 5) is 0. The normalized spacial score (nSPS) is 10.8. The lowest BCUT2D eigenvalue weighted by Gasteiger charge is -2.11. The molecule has 0 aliphatic heterocycles. The maximum atomic E-state index is 9.05. The summed E-state index contributed by atoms with van der Waals surface area (Å²) in [6.07, 6.45) is 2.11. The largest absolute Gasteiger partial charge is 0.493 e. The Hall–Kier alpha value is -1.02. The summed E-state index contributed by atoms with van der Waals surface area (Å²) in [7, 11) is 0. The van der Waals surface area contributed by atoms with Gasteiger partial charge in [-0.15, -0.1) is 0 Å². The molecule has 0 unspecified atom stereocenters. The van der Waals surface area contributed by atoms with Crippen molar-refractivity contribution in [3.8, 4) is 5.75 Å². The molecule has 0 saturated carbocycles. The van der Waals surface area contributed by atoms with Crippen molar-refractivity contribution in [2.75, 3.05) is 6.61 Å². The number of aryl methyl sites for hydroxylation is 1. The van der Waals surface area contributed by atoms with Crippen molar-refractivity contribution in [2.24, 2.45) is 5.92 Å². The Kier molecular flexibility index (Phi) is 5.33. The van der Waals surface area contributed by atoms with E-state index in [1.165, 1.54) is 5.56 Å². The van der Waals surface area contributed by atoms with E-state index >= 15 is 0 Å². The van der Waals surface area contributed by atoms with Gasteiger partial charge in [0, 0.05) is 0 Å². The molecule has 1 aromatic rings. The van der Waals surface area contributed by atoms with Gasteiger partial charge in [-0.1, -0.05) is 33.3 Å². The predicted molar refractivity (Wildman–Crippen MR) is 66.1 cm³/mol. The Morgan fingerprint density at radius 3 is 2.62 bits per heavy atom. The predicted octanol–water partition coefficient (Wildman–Crippen LogP) is 3.56. The molecule has 2 nitrogen and oxygen atoms in total. The molecule has 0 saturated heterocycles. The Bertz CT molecular complexity index is 319. The van der Waals surface area contributed by atoms with Crippen molar-refractivity contribution < 1.29 is 9.84 Å². The fourth-order valence-electron chi connectivity index (χ4n) is 1.54. The average Bonchev–Trinajstić information content (AvgIpc) is 2.26. The molecule has 0 aliphatic rings. The number of aliphatic hydroxyl groups is 1. The third-order valence-corrected chi connectivity index (χ3v) is 2.26. The van der Waals surface area contributed by atoms with Gasteiger partial charge in [-0.3, -0.25) is 0 Å². The lowest BCUT2D eigenvalue weighted by atomic mass is 10.1. The van der Waals surface area contributed by atoms with E-state index < -0.39 is 0 Å². The lowest BCUT2D eigenvalue weighted by molar-refractivity contribution is 0.270. The zero-order valence-electron chi connectivity index (χ0n) is 10.4. The summed E-state index contributed by atoms with van der Waals surface area (Å²) >= 11 is 0. The first-order valence-corrected chi connectivity index (χ1v) is 5.90. The van der Waals surface area contributed by atoms with Crippen LogP contribution in [-0.4, -0.2) is 11.7 Å². The van der Waals surface area contributed by atoms with Gasteiger partial charge in [-0.25, -0.2) is 0 Å². The van der Waals surface area contributed by atoms with E-state index in [4.69, 9.17) is 9.84 Å². The molecule has 0 heterocycles. The van der Waals surface area contributed by atoms with Crippen molar-refractivity contribution in [2.45, 2.75) is 33.6 Å². The van der Waals surface area contributed by atoms with Crippen LogP contribution in [0.25, 0.3) is 0 Å². The van der Waals surface area contributed by atoms with Crippen molar-refractivity contribution in [3.05, 3.63) is 35.9 Å². The van der Waals surface area contributed by atoms with E-state index in [0.717, 1.165) is 30.8 Å². The number of aliphatic hydroxyl groups excluding tert-OH is 1. The van der Waals surface area contributed by atoms with Gasteiger partial charge in [-0.05, 0) is 35.6 Å². The quantitative estimate of drug-likeness (QED) is 0.796. The zero-order chi connectivity index (χ0) is 12.0. The molecule has 16 heavy (non-hydrogen) atoms. The molecule has 1 aromatic carbocycles. The molecule has 1 rings (SSSR count). The van der Waals surface area contributed by atoms with Crippen LogP contribution in [0, 0.1) is 12.5 Å². The van der Waals surface area contributed by atoms with Gasteiger partial charge in [0.1, 0.15) is 12.4 Å². The van der Waals surface area contributed by atoms with Crippen LogP contribution in [-0.2, 0) is 6.42 Å². The van der Waals surface area contributed by atoms with Gasteiger partial charge < -0.3 is 9.84 Å². The van der Waals surface area contributed by atoms with E-state index in [2.05, 4.69) is 26.8 Å². The molecule has 2 heteroatoms. The molecule has 0 atom stereocenters. The van der Waals surface area contributed by atoms with Crippen LogP contribution in [0.5, 0.6) is 5.75 Å². The minimum atomic E-state index is 0.511. The molecule has 0 fully saturated rings. The van der Waals surface area contributed by atoms with Gasteiger partial charge in [0.05, 0.1) is 6.61 Å². The highest BCUT2D eigenvalue weighted by Crippen LogP contribution is 2.19. The molecule has 0 bridgehead atoms. The van der Waals surface area contributed by atoms with Crippen LogP contribution in [0.15, 0.2) is 18.2 Å². The molecule has 0 aliphatic carbocycles. The second kappa shape index (κ2) is 6.54. The van der Waals surface area contributed by atoms with E-state index in [9.17, 15) is 0 Å². The lowest BCUT2D eigenvalue weighted by Crippen LogP contribution is -2.05. The Labute approximate surface area is 98.3 Å². The molecular weight excluding hydrogens is 200 g/mol. The van der Waals surface area contributed by atoms with Gasteiger partial charge in [-0.2, -0.15) is 0 Å². The number of hydrogen-bond acceptors (Lipinski definition) is 2. The van der Waals surface area contributed by atoms with Crippen LogP contribution in [0.1, 0.15) is 38.3 Å². The Morgan fingerprint density at radius 2 is 2.06 bits per heavy atom.